The van der Waals surface area contributed by atoms with Crippen LogP contribution in [-0.2, 0) is 0 Å². The highest BCUT2D eigenvalue weighted by atomic mass is 19.1. The topological polar surface area (TPSA) is 29.9 Å². The molecule has 0 saturated carbocycles. The van der Waals surface area contributed by atoms with Gasteiger partial charge in [0.05, 0.1) is 6.04 Å². The van der Waals surface area contributed by atoms with Crippen molar-refractivity contribution in [3.05, 3.63) is 42.0 Å². The van der Waals surface area contributed by atoms with Crippen LogP contribution in [0.2, 0.25) is 0 Å². The summed E-state index contributed by atoms with van der Waals surface area (Å²) in [6, 6.07) is 5.27. The van der Waals surface area contributed by atoms with E-state index in [0.717, 1.165) is 30.0 Å². The molecule has 1 fully saturated rings. The second-order valence-electron chi connectivity index (χ2n) is 4.43. The lowest BCUT2D eigenvalue weighted by Gasteiger charge is -2.30. The van der Waals surface area contributed by atoms with Gasteiger partial charge in [0, 0.05) is 31.0 Å². The number of halogens is 1. The van der Waals surface area contributed by atoms with Gasteiger partial charge in [-0.1, -0.05) is 6.07 Å². The molecule has 1 aromatic heterocycles. The van der Waals surface area contributed by atoms with Gasteiger partial charge >= 0.3 is 0 Å². The van der Waals surface area contributed by atoms with Gasteiger partial charge in [-0.3, -0.25) is 0 Å². The van der Waals surface area contributed by atoms with Crippen molar-refractivity contribution in [1.29, 1.82) is 0 Å². The molecule has 0 spiro atoms. The number of nitrogens with zero attached hydrogens (tertiary/aromatic N) is 2. The molecule has 88 valence electrons. The number of hydrogen-bond acceptors (Lipinski definition) is 2. The second kappa shape index (κ2) is 3.96. The SMILES string of the molecule is Cc1ccc(F)cc1-c1nccn1C1CNC1. The van der Waals surface area contributed by atoms with E-state index in [4.69, 9.17) is 0 Å². The van der Waals surface area contributed by atoms with Crippen molar-refractivity contribution in [3.63, 3.8) is 0 Å². The Morgan fingerprint density at radius 2 is 2.24 bits per heavy atom. The van der Waals surface area contributed by atoms with Gasteiger partial charge in [0.2, 0.25) is 0 Å². The number of rotatable bonds is 2. The maximum atomic E-state index is 13.3. The minimum Gasteiger partial charge on any atom is -0.325 e. The Morgan fingerprint density at radius 3 is 2.94 bits per heavy atom. The van der Waals surface area contributed by atoms with E-state index in [-0.39, 0.29) is 5.82 Å². The van der Waals surface area contributed by atoms with E-state index < -0.39 is 0 Å². The summed E-state index contributed by atoms with van der Waals surface area (Å²) < 4.78 is 15.4. The van der Waals surface area contributed by atoms with E-state index in [1.54, 1.807) is 18.3 Å². The first-order valence-electron chi connectivity index (χ1n) is 5.76. The molecule has 0 amide bonds. The van der Waals surface area contributed by atoms with E-state index >= 15 is 0 Å². The van der Waals surface area contributed by atoms with Crippen molar-refractivity contribution >= 4 is 0 Å². The lowest BCUT2D eigenvalue weighted by molar-refractivity contribution is 0.346. The van der Waals surface area contributed by atoms with Crippen LogP contribution in [-0.4, -0.2) is 22.6 Å². The first-order chi connectivity index (χ1) is 8.25. The van der Waals surface area contributed by atoms with Gasteiger partial charge in [0.1, 0.15) is 11.6 Å². The van der Waals surface area contributed by atoms with Gasteiger partial charge in [-0.25, -0.2) is 9.37 Å². The number of benzene rings is 1. The van der Waals surface area contributed by atoms with Crippen LogP contribution >= 0.6 is 0 Å². The zero-order chi connectivity index (χ0) is 11.8. The molecule has 0 atom stereocenters. The van der Waals surface area contributed by atoms with Gasteiger partial charge in [0.25, 0.3) is 0 Å². The normalized spacial score (nSPS) is 15.9. The Kier molecular flexibility index (Phi) is 2.44. The molecule has 4 heteroatoms. The van der Waals surface area contributed by atoms with E-state index in [1.807, 2.05) is 13.1 Å². The third-order valence-electron chi connectivity index (χ3n) is 3.26. The molecule has 1 aliphatic heterocycles. The summed E-state index contributed by atoms with van der Waals surface area (Å²) >= 11 is 0. The van der Waals surface area contributed by atoms with Crippen LogP contribution in [0.15, 0.2) is 30.6 Å². The average Bonchev–Trinajstić information content (AvgIpc) is 2.68. The monoisotopic (exact) mass is 231 g/mol. The Labute approximate surface area is 99.3 Å². The summed E-state index contributed by atoms with van der Waals surface area (Å²) in [5, 5.41) is 3.23. The van der Waals surface area contributed by atoms with Gasteiger partial charge < -0.3 is 9.88 Å². The van der Waals surface area contributed by atoms with E-state index in [9.17, 15) is 4.39 Å². The number of imidazole rings is 1. The molecule has 0 aliphatic carbocycles. The molecule has 2 aromatic rings. The Morgan fingerprint density at radius 1 is 1.41 bits per heavy atom. The Balaban J connectivity index is 2.08. The van der Waals surface area contributed by atoms with Gasteiger partial charge in [-0.15, -0.1) is 0 Å². The minimum absolute atomic E-state index is 0.216. The van der Waals surface area contributed by atoms with Crippen LogP contribution in [0, 0.1) is 12.7 Å². The van der Waals surface area contributed by atoms with Crippen molar-refractivity contribution in [2.45, 2.75) is 13.0 Å². The third kappa shape index (κ3) is 1.74. The van der Waals surface area contributed by atoms with Crippen LogP contribution in [0.3, 0.4) is 0 Å². The highest BCUT2D eigenvalue weighted by Crippen LogP contribution is 2.26. The van der Waals surface area contributed by atoms with Gasteiger partial charge in [-0.05, 0) is 24.6 Å². The average molecular weight is 231 g/mol. The van der Waals surface area contributed by atoms with Gasteiger partial charge in [0.15, 0.2) is 0 Å². The summed E-state index contributed by atoms with van der Waals surface area (Å²) in [6.07, 6.45) is 3.74. The summed E-state index contributed by atoms with van der Waals surface area (Å²) in [7, 11) is 0. The van der Waals surface area contributed by atoms with Crippen LogP contribution in [0.1, 0.15) is 11.6 Å². The summed E-state index contributed by atoms with van der Waals surface area (Å²) in [4.78, 5) is 4.36. The number of aromatic nitrogens is 2. The molecule has 2 heterocycles. The molecular weight excluding hydrogens is 217 g/mol. The molecule has 0 bridgehead atoms. The zero-order valence-corrected chi connectivity index (χ0v) is 9.65. The predicted molar refractivity (Wildman–Crippen MR) is 64.3 cm³/mol. The molecule has 1 aliphatic rings. The van der Waals surface area contributed by atoms with Crippen LogP contribution < -0.4 is 5.32 Å². The maximum absolute atomic E-state index is 13.3. The maximum Gasteiger partial charge on any atom is 0.140 e. The quantitative estimate of drug-likeness (QED) is 0.858. The molecule has 0 unspecified atom stereocenters. The number of nitrogens with one attached hydrogen (secondary N) is 1. The molecule has 1 aromatic carbocycles. The zero-order valence-electron chi connectivity index (χ0n) is 9.65. The van der Waals surface area contributed by atoms with Crippen molar-refractivity contribution < 1.29 is 4.39 Å². The standard InChI is InChI=1S/C13H14FN3/c1-9-2-3-10(14)6-12(9)13-16-4-5-17(13)11-7-15-8-11/h2-6,11,15H,7-8H2,1H3. The fourth-order valence-electron chi connectivity index (χ4n) is 2.12. The van der Waals surface area contributed by atoms with Crippen molar-refractivity contribution in [3.8, 4) is 11.4 Å². The Hall–Kier alpha value is -1.68. The van der Waals surface area contributed by atoms with Crippen LogP contribution in [0.5, 0.6) is 0 Å². The largest absolute Gasteiger partial charge is 0.325 e. The molecule has 1 saturated heterocycles. The smallest absolute Gasteiger partial charge is 0.140 e. The lowest BCUT2D eigenvalue weighted by Crippen LogP contribution is -2.43. The van der Waals surface area contributed by atoms with Crippen molar-refractivity contribution in [2.75, 3.05) is 13.1 Å². The van der Waals surface area contributed by atoms with E-state index in [0.29, 0.717) is 6.04 Å². The van der Waals surface area contributed by atoms with Crippen molar-refractivity contribution in [2.24, 2.45) is 0 Å². The molecular formula is C13H14FN3. The summed E-state index contributed by atoms with van der Waals surface area (Å²) in [6.45, 7) is 3.89. The molecule has 3 nitrogen and oxygen atoms in total. The third-order valence-corrected chi connectivity index (χ3v) is 3.26. The van der Waals surface area contributed by atoms with Crippen LogP contribution in [0.4, 0.5) is 4.39 Å². The molecule has 0 radical (unpaired) electrons. The second-order valence-corrected chi connectivity index (χ2v) is 4.43. The molecule has 3 rings (SSSR count). The summed E-state index contributed by atoms with van der Waals surface area (Å²) in [5.41, 5.74) is 1.92. The lowest BCUT2D eigenvalue weighted by atomic mass is 10.1. The minimum atomic E-state index is -0.216. The highest BCUT2D eigenvalue weighted by Gasteiger charge is 2.22. The molecule has 1 N–H and O–H groups in total. The fraction of sp³-hybridized carbons (Fsp3) is 0.308. The summed E-state index contributed by atoms with van der Waals surface area (Å²) in [5.74, 6) is 0.639. The van der Waals surface area contributed by atoms with E-state index in [2.05, 4.69) is 14.9 Å². The number of aryl methyl sites for hydroxylation is 1. The first-order valence-corrected chi connectivity index (χ1v) is 5.76. The van der Waals surface area contributed by atoms with E-state index in [1.165, 1.54) is 6.07 Å². The fourth-order valence-corrected chi connectivity index (χ4v) is 2.12. The van der Waals surface area contributed by atoms with Crippen LogP contribution in [0.25, 0.3) is 11.4 Å². The van der Waals surface area contributed by atoms with Crippen molar-refractivity contribution in [1.82, 2.24) is 14.9 Å². The molecule has 17 heavy (non-hydrogen) atoms. The Bertz CT molecular complexity index is 543. The highest BCUT2D eigenvalue weighted by molar-refractivity contribution is 5.60. The first kappa shape index (κ1) is 10.5. The predicted octanol–water partition coefficient (Wildman–Crippen LogP) is 2.14. The van der Waals surface area contributed by atoms with Gasteiger partial charge in [-0.2, -0.15) is 0 Å². The number of hydrogen-bond donors (Lipinski definition) is 1.